The van der Waals surface area contributed by atoms with Crippen molar-refractivity contribution < 1.29 is 24.2 Å². The van der Waals surface area contributed by atoms with Crippen LogP contribution in [0.3, 0.4) is 0 Å². The van der Waals surface area contributed by atoms with Gasteiger partial charge < -0.3 is 20.5 Å². The third-order valence-corrected chi connectivity index (χ3v) is 6.26. The maximum Gasteiger partial charge on any atom is 0.407 e. The molecule has 3 aromatic carbocycles. The van der Waals surface area contributed by atoms with Crippen LogP contribution in [0.5, 0.6) is 0 Å². The number of hydrogen-bond donors (Lipinski definition) is 3. The van der Waals surface area contributed by atoms with Crippen LogP contribution in [-0.4, -0.2) is 35.7 Å². The van der Waals surface area contributed by atoms with Crippen LogP contribution >= 0.6 is 0 Å². The number of aromatic carboxylic acids is 1. The summed E-state index contributed by atoms with van der Waals surface area (Å²) in [4.78, 5) is 35.8. The maximum atomic E-state index is 12.4. The number of alkyl carbamates (subject to hydrolysis) is 1. The number of carbonyl (C=O) groups is 3. The van der Waals surface area contributed by atoms with E-state index in [1.807, 2.05) is 31.2 Å². The average molecular weight is 473 g/mol. The number of hydrogen-bond acceptors (Lipinski definition) is 4. The lowest BCUT2D eigenvalue weighted by atomic mass is 9.98. The monoisotopic (exact) mass is 472 g/mol. The van der Waals surface area contributed by atoms with Gasteiger partial charge in [0.05, 0.1) is 5.56 Å². The van der Waals surface area contributed by atoms with Gasteiger partial charge in [-0.2, -0.15) is 0 Å². The molecule has 2 amide bonds. The molecule has 0 heterocycles. The molecule has 7 heteroatoms. The Kier molecular flexibility index (Phi) is 7.15. The van der Waals surface area contributed by atoms with Crippen molar-refractivity contribution in [1.82, 2.24) is 5.32 Å². The second kappa shape index (κ2) is 10.4. The molecule has 0 aliphatic heterocycles. The number of carboxylic acids is 1. The minimum atomic E-state index is -1.01. The molecule has 0 saturated heterocycles. The first-order valence-corrected chi connectivity index (χ1v) is 11.6. The van der Waals surface area contributed by atoms with Crippen molar-refractivity contribution in [2.24, 2.45) is 0 Å². The zero-order chi connectivity index (χ0) is 24.9. The van der Waals surface area contributed by atoms with E-state index in [-0.39, 0.29) is 36.5 Å². The van der Waals surface area contributed by atoms with E-state index in [0.29, 0.717) is 17.7 Å². The second-order valence-corrected chi connectivity index (χ2v) is 8.79. The van der Waals surface area contributed by atoms with Crippen molar-refractivity contribution in [2.45, 2.75) is 38.6 Å². The number of rotatable bonds is 8. The molecule has 180 valence electrons. The number of aryl methyl sites for hydroxylation is 1. The van der Waals surface area contributed by atoms with Gasteiger partial charge in [0, 0.05) is 24.1 Å². The van der Waals surface area contributed by atoms with Gasteiger partial charge in [0.15, 0.2) is 0 Å². The van der Waals surface area contributed by atoms with Gasteiger partial charge in [-0.3, -0.25) is 4.79 Å². The Bertz CT molecular complexity index is 1220. The van der Waals surface area contributed by atoms with Crippen LogP contribution in [0.25, 0.3) is 11.1 Å². The molecule has 4 rings (SSSR count). The van der Waals surface area contributed by atoms with Gasteiger partial charge >= 0.3 is 12.1 Å². The number of carbonyl (C=O) groups excluding carboxylic acids is 2. The molecule has 0 aromatic heterocycles. The molecule has 1 aliphatic carbocycles. The van der Waals surface area contributed by atoms with Gasteiger partial charge in [0.2, 0.25) is 5.91 Å². The summed E-state index contributed by atoms with van der Waals surface area (Å²) >= 11 is 0. The average Bonchev–Trinajstić information content (AvgIpc) is 3.16. The van der Waals surface area contributed by atoms with Gasteiger partial charge in [-0.25, -0.2) is 9.59 Å². The Balaban J connectivity index is 1.25. The zero-order valence-electron chi connectivity index (χ0n) is 19.7. The van der Waals surface area contributed by atoms with Gasteiger partial charge in [-0.05, 0) is 66.3 Å². The van der Waals surface area contributed by atoms with Crippen LogP contribution in [0.1, 0.15) is 52.7 Å². The van der Waals surface area contributed by atoms with E-state index in [1.165, 1.54) is 23.3 Å². The molecular formula is C28H28N2O5. The number of benzene rings is 3. The molecule has 35 heavy (non-hydrogen) atoms. The topological polar surface area (TPSA) is 105 Å². The Labute approximate surface area is 204 Å². The fourth-order valence-corrected chi connectivity index (χ4v) is 4.41. The molecule has 0 bridgehead atoms. The minimum absolute atomic E-state index is 0.00927. The van der Waals surface area contributed by atoms with Crippen LogP contribution < -0.4 is 10.6 Å². The van der Waals surface area contributed by atoms with E-state index < -0.39 is 12.1 Å². The minimum Gasteiger partial charge on any atom is -0.478 e. The van der Waals surface area contributed by atoms with Crippen molar-refractivity contribution in [3.8, 4) is 11.1 Å². The molecule has 0 spiro atoms. The molecule has 7 nitrogen and oxygen atoms in total. The highest BCUT2D eigenvalue weighted by molar-refractivity contribution is 5.93. The summed E-state index contributed by atoms with van der Waals surface area (Å²) in [6.45, 7) is 3.80. The number of amides is 2. The first-order chi connectivity index (χ1) is 16.8. The lowest BCUT2D eigenvalue weighted by Gasteiger charge is -2.17. The molecule has 0 radical (unpaired) electrons. The zero-order valence-corrected chi connectivity index (χ0v) is 19.7. The van der Waals surface area contributed by atoms with Crippen molar-refractivity contribution in [2.75, 3.05) is 11.9 Å². The standard InChI is InChI=1S/C28H28N2O5/c1-17-15-19(27(32)33)12-13-25(17)30-26(31)14-11-18(2)29-28(34)35-16-24-22-9-5-3-7-20(22)21-8-4-6-10-23(21)24/h3-10,12-13,15,18,24H,11,14,16H2,1-2H3,(H,29,34)(H,30,31)(H,32,33). The highest BCUT2D eigenvalue weighted by atomic mass is 16.5. The van der Waals surface area contributed by atoms with E-state index in [9.17, 15) is 14.4 Å². The summed E-state index contributed by atoms with van der Waals surface area (Å²) in [6.07, 6.45) is 0.118. The second-order valence-electron chi connectivity index (χ2n) is 8.79. The molecule has 1 unspecified atom stereocenters. The summed E-state index contributed by atoms with van der Waals surface area (Å²) in [7, 11) is 0. The molecule has 1 atom stereocenters. The van der Waals surface area contributed by atoms with Crippen LogP contribution in [-0.2, 0) is 9.53 Å². The lowest BCUT2D eigenvalue weighted by Crippen LogP contribution is -2.34. The summed E-state index contributed by atoms with van der Waals surface area (Å²) in [6, 6.07) is 20.6. The van der Waals surface area contributed by atoms with Crippen LogP contribution in [0.2, 0.25) is 0 Å². The van der Waals surface area contributed by atoms with Gasteiger partial charge in [0.1, 0.15) is 6.61 Å². The van der Waals surface area contributed by atoms with Crippen LogP contribution in [0.4, 0.5) is 10.5 Å². The number of fused-ring (bicyclic) bond motifs is 3. The summed E-state index contributed by atoms with van der Waals surface area (Å²) in [5.41, 5.74) is 6.05. The van der Waals surface area contributed by atoms with E-state index in [2.05, 4.69) is 34.9 Å². The molecule has 1 aliphatic rings. The summed E-state index contributed by atoms with van der Waals surface area (Å²) in [5, 5.41) is 14.6. The third kappa shape index (κ3) is 5.51. The highest BCUT2D eigenvalue weighted by Gasteiger charge is 2.29. The molecule has 3 aromatic rings. The fraction of sp³-hybridized carbons (Fsp3) is 0.250. The molecular weight excluding hydrogens is 444 g/mol. The Morgan fingerprint density at radius 1 is 0.971 bits per heavy atom. The van der Waals surface area contributed by atoms with Crippen molar-refractivity contribution in [3.63, 3.8) is 0 Å². The molecule has 0 saturated carbocycles. The predicted octanol–water partition coefficient (Wildman–Crippen LogP) is 5.34. The Hall–Kier alpha value is -4.13. The lowest BCUT2D eigenvalue weighted by molar-refractivity contribution is -0.116. The van der Waals surface area contributed by atoms with E-state index in [0.717, 1.165) is 11.1 Å². The van der Waals surface area contributed by atoms with Crippen molar-refractivity contribution in [1.29, 1.82) is 0 Å². The molecule has 0 fully saturated rings. The van der Waals surface area contributed by atoms with Crippen molar-refractivity contribution in [3.05, 3.63) is 89.0 Å². The van der Waals surface area contributed by atoms with E-state index in [1.54, 1.807) is 13.0 Å². The quantitative estimate of drug-likeness (QED) is 0.411. The van der Waals surface area contributed by atoms with Gasteiger partial charge in [-0.1, -0.05) is 48.5 Å². The SMILES string of the molecule is Cc1cc(C(=O)O)ccc1NC(=O)CCC(C)NC(=O)OCC1c2ccccc2-c2ccccc21. The van der Waals surface area contributed by atoms with E-state index in [4.69, 9.17) is 9.84 Å². The van der Waals surface area contributed by atoms with Crippen LogP contribution in [0, 0.1) is 6.92 Å². The first-order valence-electron chi connectivity index (χ1n) is 11.6. The van der Waals surface area contributed by atoms with Gasteiger partial charge in [0.25, 0.3) is 0 Å². The first kappa shape index (κ1) is 24.0. The van der Waals surface area contributed by atoms with Crippen molar-refractivity contribution >= 4 is 23.7 Å². The predicted molar refractivity (Wildman–Crippen MR) is 134 cm³/mol. The number of nitrogens with one attached hydrogen (secondary N) is 2. The summed E-state index contributed by atoms with van der Waals surface area (Å²) in [5.74, 6) is -1.23. The van der Waals surface area contributed by atoms with E-state index >= 15 is 0 Å². The Morgan fingerprint density at radius 2 is 1.60 bits per heavy atom. The number of anilines is 1. The maximum absolute atomic E-state index is 12.4. The van der Waals surface area contributed by atoms with Crippen LogP contribution in [0.15, 0.2) is 66.7 Å². The molecule has 3 N–H and O–H groups in total. The smallest absolute Gasteiger partial charge is 0.407 e. The number of ether oxygens (including phenoxy) is 1. The highest BCUT2D eigenvalue weighted by Crippen LogP contribution is 2.44. The van der Waals surface area contributed by atoms with Gasteiger partial charge in [-0.15, -0.1) is 0 Å². The third-order valence-electron chi connectivity index (χ3n) is 6.26. The normalized spacial score (nSPS) is 12.9. The Morgan fingerprint density at radius 3 is 2.20 bits per heavy atom. The largest absolute Gasteiger partial charge is 0.478 e. The number of carboxylic acid groups (broad SMARTS) is 1. The summed E-state index contributed by atoms with van der Waals surface area (Å²) < 4.78 is 5.56. The fourth-order valence-electron chi connectivity index (χ4n) is 4.41.